The van der Waals surface area contributed by atoms with Gasteiger partial charge in [-0.05, 0) is 63.1 Å². The maximum absolute atomic E-state index is 12.3. The number of phenols is 1. The Balaban J connectivity index is 2.29. The summed E-state index contributed by atoms with van der Waals surface area (Å²) in [5, 5.41) is 12.6. The molecule has 2 aromatic carbocycles. The summed E-state index contributed by atoms with van der Waals surface area (Å²) in [5.41, 5.74) is 3.20. The van der Waals surface area contributed by atoms with Crippen LogP contribution in [0.15, 0.2) is 45.7 Å². The fourth-order valence-corrected chi connectivity index (χ4v) is 3.09. The number of aryl methyl sites for hydroxylation is 3. The Bertz CT molecular complexity index is 854. The number of hydrogen-bond donors (Lipinski definition) is 2. The summed E-state index contributed by atoms with van der Waals surface area (Å²) in [6.45, 7) is 7.08. The van der Waals surface area contributed by atoms with E-state index in [1.54, 1.807) is 38.1 Å². The smallest absolute Gasteiger partial charge is 0.283 e. The third-order valence-electron chi connectivity index (χ3n) is 3.43. The van der Waals surface area contributed by atoms with Gasteiger partial charge in [-0.1, -0.05) is 17.7 Å². The number of rotatable bonds is 3. The molecule has 0 fully saturated rings. The lowest BCUT2D eigenvalue weighted by molar-refractivity contribution is 0.471. The fraction of sp³-hybridized carbons (Fsp3) is 0.235. The van der Waals surface area contributed by atoms with Crippen LogP contribution >= 0.6 is 0 Å². The molecule has 2 aromatic rings. The summed E-state index contributed by atoms with van der Waals surface area (Å²) in [4.78, 5) is 0.155. The summed E-state index contributed by atoms with van der Waals surface area (Å²) in [5.74, 6) is 0.466. The van der Waals surface area contributed by atoms with Gasteiger partial charge in [-0.2, -0.15) is 8.42 Å². The van der Waals surface area contributed by atoms with Crippen molar-refractivity contribution < 1.29 is 13.5 Å². The molecule has 6 heteroatoms. The van der Waals surface area contributed by atoms with Gasteiger partial charge in [0.25, 0.3) is 10.0 Å². The van der Waals surface area contributed by atoms with Gasteiger partial charge in [0.2, 0.25) is 0 Å². The molecule has 0 atom stereocenters. The first-order valence-electron chi connectivity index (χ1n) is 7.14. The van der Waals surface area contributed by atoms with Gasteiger partial charge in [0.15, 0.2) is 0 Å². The Morgan fingerprint density at radius 2 is 1.65 bits per heavy atom. The van der Waals surface area contributed by atoms with Gasteiger partial charge in [-0.25, -0.2) is 0 Å². The molecule has 23 heavy (non-hydrogen) atoms. The molecule has 0 aliphatic rings. The number of hydrogen-bond acceptors (Lipinski definition) is 3. The van der Waals surface area contributed by atoms with E-state index in [4.69, 9.17) is 0 Å². The SMILES string of the molecule is CC(=NS(=O)(=O)c1ccc(C)cc1)Nc1cc(C)c(O)cc1C. The quantitative estimate of drug-likeness (QED) is 0.512. The lowest BCUT2D eigenvalue weighted by Crippen LogP contribution is -2.12. The Kier molecular flexibility index (Phi) is 4.75. The zero-order valence-corrected chi connectivity index (χ0v) is 14.4. The number of nitrogens with one attached hydrogen (secondary N) is 1. The van der Waals surface area contributed by atoms with Crippen molar-refractivity contribution in [2.75, 3.05) is 5.32 Å². The zero-order chi connectivity index (χ0) is 17.2. The molecule has 122 valence electrons. The van der Waals surface area contributed by atoms with Crippen LogP contribution in [0, 0.1) is 20.8 Å². The Hall–Kier alpha value is -2.34. The van der Waals surface area contributed by atoms with E-state index < -0.39 is 10.0 Å². The molecular formula is C17H20N2O3S. The number of sulfonamides is 1. The number of anilines is 1. The monoisotopic (exact) mass is 332 g/mol. The van der Waals surface area contributed by atoms with E-state index in [9.17, 15) is 13.5 Å². The topological polar surface area (TPSA) is 78.8 Å². The maximum Gasteiger partial charge on any atom is 0.283 e. The van der Waals surface area contributed by atoms with Gasteiger partial charge in [-0.3, -0.25) is 0 Å². The van der Waals surface area contributed by atoms with E-state index in [-0.39, 0.29) is 16.5 Å². The highest BCUT2D eigenvalue weighted by Crippen LogP contribution is 2.25. The lowest BCUT2D eigenvalue weighted by Gasteiger charge is -2.11. The van der Waals surface area contributed by atoms with Gasteiger partial charge >= 0.3 is 0 Å². The van der Waals surface area contributed by atoms with Crippen LogP contribution in [0.2, 0.25) is 0 Å². The van der Waals surface area contributed by atoms with Crippen LogP contribution in [0.3, 0.4) is 0 Å². The summed E-state index contributed by atoms with van der Waals surface area (Å²) in [6.07, 6.45) is 0. The molecule has 2 rings (SSSR count). The number of nitrogens with zero attached hydrogens (tertiary/aromatic N) is 1. The molecular weight excluding hydrogens is 312 g/mol. The van der Waals surface area contributed by atoms with Gasteiger partial charge in [0.1, 0.15) is 11.6 Å². The Morgan fingerprint density at radius 1 is 1.04 bits per heavy atom. The first-order valence-corrected chi connectivity index (χ1v) is 8.58. The van der Waals surface area contributed by atoms with Gasteiger partial charge < -0.3 is 10.4 Å². The highest BCUT2D eigenvalue weighted by molar-refractivity contribution is 7.90. The summed E-state index contributed by atoms with van der Waals surface area (Å²) >= 11 is 0. The van der Waals surface area contributed by atoms with Crippen LogP contribution in [0.1, 0.15) is 23.6 Å². The molecule has 0 saturated heterocycles. The highest BCUT2D eigenvalue weighted by atomic mass is 32.2. The molecule has 0 unspecified atom stereocenters. The molecule has 0 aromatic heterocycles. The van der Waals surface area contributed by atoms with E-state index in [0.717, 1.165) is 11.1 Å². The number of aromatic hydroxyl groups is 1. The molecule has 2 N–H and O–H groups in total. The first-order chi connectivity index (χ1) is 10.7. The molecule has 0 radical (unpaired) electrons. The minimum atomic E-state index is -3.75. The Labute approximate surface area is 136 Å². The van der Waals surface area contributed by atoms with Crippen molar-refractivity contribution >= 4 is 21.5 Å². The van der Waals surface area contributed by atoms with Crippen LogP contribution in [0.4, 0.5) is 5.69 Å². The molecule has 0 saturated carbocycles. The normalized spacial score (nSPS) is 12.3. The average molecular weight is 332 g/mol. The first kappa shape index (κ1) is 17.0. The maximum atomic E-state index is 12.3. The molecule has 0 bridgehead atoms. The molecule has 0 aliphatic carbocycles. The van der Waals surface area contributed by atoms with Crippen molar-refractivity contribution in [2.45, 2.75) is 32.6 Å². The van der Waals surface area contributed by atoms with E-state index in [2.05, 4.69) is 9.71 Å². The van der Waals surface area contributed by atoms with Gasteiger partial charge in [0, 0.05) is 5.69 Å². The fourth-order valence-electron chi connectivity index (χ4n) is 2.10. The summed E-state index contributed by atoms with van der Waals surface area (Å²) in [7, 11) is -3.75. The number of phenolic OH excluding ortho intramolecular Hbond substituents is 1. The largest absolute Gasteiger partial charge is 0.508 e. The van der Waals surface area contributed by atoms with Crippen molar-refractivity contribution in [1.29, 1.82) is 0 Å². The van der Waals surface area contributed by atoms with Crippen molar-refractivity contribution in [3.05, 3.63) is 53.1 Å². The van der Waals surface area contributed by atoms with E-state index in [0.29, 0.717) is 11.3 Å². The molecule has 0 spiro atoms. The van der Waals surface area contributed by atoms with E-state index in [1.165, 1.54) is 12.1 Å². The molecule has 0 amide bonds. The predicted molar refractivity (Wildman–Crippen MR) is 92.7 cm³/mol. The van der Waals surface area contributed by atoms with Crippen molar-refractivity contribution in [2.24, 2.45) is 4.40 Å². The second-order valence-corrected chi connectivity index (χ2v) is 7.15. The van der Waals surface area contributed by atoms with Crippen LogP contribution in [0.5, 0.6) is 5.75 Å². The highest BCUT2D eigenvalue weighted by Gasteiger charge is 2.13. The van der Waals surface area contributed by atoms with Crippen molar-refractivity contribution in [3.8, 4) is 5.75 Å². The predicted octanol–water partition coefficient (Wildman–Crippen LogP) is 3.54. The molecule has 5 nitrogen and oxygen atoms in total. The second-order valence-electron chi connectivity index (χ2n) is 5.54. The molecule has 0 aliphatic heterocycles. The van der Waals surface area contributed by atoms with E-state index in [1.807, 2.05) is 13.8 Å². The van der Waals surface area contributed by atoms with E-state index >= 15 is 0 Å². The van der Waals surface area contributed by atoms with Gasteiger partial charge in [0.05, 0.1) is 4.90 Å². The third-order valence-corrected chi connectivity index (χ3v) is 4.82. The van der Waals surface area contributed by atoms with Crippen LogP contribution in [0.25, 0.3) is 0 Å². The minimum Gasteiger partial charge on any atom is -0.508 e. The zero-order valence-electron chi connectivity index (χ0n) is 13.6. The van der Waals surface area contributed by atoms with Crippen LogP contribution in [-0.4, -0.2) is 19.4 Å². The average Bonchev–Trinajstić information content (AvgIpc) is 2.44. The van der Waals surface area contributed by atoms with Crippen LogP contribution in [-0.2, 0) is 10.0 Å². The van der Waals surface area contributed by atoms with Crippen molar-refractivity contribution in [1.82, 2.24) is 0 Å². The van der Waals surface area contributed by atoms with Crippen molar-refractivity contribution in [3.63, 3.8) is 0 Å². The van der Waals surface area contributed by atoms with Gasteiger partial charge in [-0.15, -0.1) is 4.40 Å². The summed E-state index contributed by atoms with van der Waals surface area (Å²) in [6, 6.07) is 9.92. The minimum absolute atomic E-state index is 0.155. The second kappa shape index (κ2) is 6.42. The standard InChI is InChI=1S/C17H20N2O3S/c1-11-5-7-15(8-6-11)23(21,22)19-14(4)18-16-9-13(3)17(20)10-12(16)2/h5-10,20H,1-4H3,(H,18,19). The third kappa shape index (κ3) is 4.10. The molecule has 0 heterocycles. The van der Waals surface area contributed by atoms with Crippen LogP contribution < -0.4 is 5.32 Å². The number of amidine groups is 1. The lowest BCUT2D eigenvalue weighted by atomic mass is 10.1. The number of benzene rings is 2. The Morgan fingerprint density at radius 3 is 2.26 bits per heavy atom. The summed E-state index contributed by atoms with van der Waals surface area (Å²) < 4.78 is 28.4.